The van der Waals surface area contributed by atoms with Gasteiger partial charge in [-0.05, 0) is 42.0 Å². The van der Waals surface area contributed by atoms with Crippen molar-refractivity contribution in [1.82, 2.24) is 5.43 Å². The number of carbonyl (C=O) groups excluding carboxylic acids is 2. The van der Waals surface area contributed by atoms with Gasteiger partial charge in [0.2, 0.25) is 0 Å². The van der Waals surface area contributed by atoms with E-state index >= 15 is 0 Å². The van der Waals surface area contributed by atoms with Crippen molar-refractivity contribution in [3.05, 3.63) is 74.6 Å². The summed E-state index contributed by atoms with van der Waals surface area (Å²) >= 11 is 13.3. The van der Waals surface area contributed by atoms with Crippen LogP contribution >= 0.6 is 34.5 Å². The average molecular weight is 449 g/mol. The number of nitrogens with zero attached hydrogens (tertiary/aromatic N) is 1. The van der Waals surface area contributed by atoms with E-state index in [1.54, 1.807) is 23.6 Å². The molecule has 9 heteroatoms. The lowest BCUT2D eigenvalue weighted by Gasteiger charge is -2.02. The molecule has 6 nitrogen and oxygen atoms in total. The number of methoxy groups -OCH3 is 1. The second-order valence-electron chi connectivity index (χ2n) is 5.77. The molecule has 0 aliphatic rings. The Labute approximate surface area is 180 Å². The van der Waals surface area contributed by atoms with E-state index in [1.807, 2.05) is 0 Å². The maximum Gasteiger partial charge on any atom is 0.337 e. The lowest BCUT2D eigenvalue weighted by molar-refractivity contribution is 0.0600. The van der Waals surface area contributed by atoms with Crippen molar-refractivity contribution < 1.29 is 19.4 Å². The zero-order chi connectivity index (χ0) is 21.0. The quantitative estimate of drug-likeness (QED) is 0.327. The molecule has 0 atom stereocenters. The Kier molecular flexibility index (Phi) is 6.53. The van der Waals surface area contributed by atoms with Gasteiger partial charge in [0.1, 0.15) is 5.75 Å². The van der Waals surface area contributed by atoms with E-state index in [0.717, 1.165) is 5.56 Å². The summed E-state index contributed by atoms with van der Waals surface area (Å²) in [6, 6.07) is 11.0. The average Bonchev–Trinajstić information content (AvgIpc) is 3.10. The first-order valence-electron chi connectivity index (χ1n) is 8.18. The molecule has 0 fully saturated rings. The molecule has 0 spiro atoms. The van der Waals surface area contributed by atoms with Crippen molar-refractivity contribution in [2.75, 3.05) is 7.11 Å². The minimum atomic E-state index is -0.485. The summed E-state index contributed by atoms with van der Waals surface area (Å²) in [6.07, 6.45) is 1.34. The smallest absolute Gasteiger partial charge is 0.337 e. The lowest BCUT2D eigenvalue weighted by Crippen LogP contribution is -2.17. The van der Waals surface area contributed by atoms with Crippen molar-refractivity contribution in [3.8, 4) is 16.2 Å². The molecule has 0 unspecified atom stereocenters. The zero-order valence-corrected chi connectivity index (χ0v) is 17.3. The molecule has 1 amide bonds. The van der Waals surface area contributed by atoms with Gasteiger partial charge in [-0.25, -0.2) is 10.2 Å². The summed E-state index contributed by atoms with van der Waals surface area (Å²) in [5, 5.41) is 16.8. The van der Waals surface area contributed by atoms with E-state index in [1.165, 1.54) is 48.9 Å². The highest BCUT2D eigenvalue weighted by Crippen LogP contribution is 2.39. The maximum atomic E-state index is 12.1. The van der Waals surface area contributed by atoms with E-state index in [2.05, 4.69) is 15.3 Å². The third kappa shape index (κ3) is 4.76. The first-order valence-corrected chi connectivity index (χ1v) is 9.82. The normalized spacial score (nSPS) is 10.9. The number of carbonyl (C=O) groups is 2. The van der Waals surface area contributed by atoms with Crippen molar-refractivity contribution in [1.29, 1.82) is 0 Å². The van der Waals surface area contributed by atoms with Gasteiger partial charge < -0.3 is 9.84 Å². The maximum absolute atomic E-state index is 12.1. The molecule has 3 rings (SSSR count). The molecule has 1 heterocycles. The van der Waals surface area contributed by atoms with Crippen molar-refractivity contribution in [2.24, 2.45) is 5.10 Å². The van der Waals surface area contributed by atoms with Crippen LogP contribution in [0.15, 0.2) is 52.9 Å². The monoisotopic (exact) mass is 448 g/mol. The van der Waals surface area contributed by atoms with Gasteiger partial charge in [0, 0.05) is 16.5 Å². The van der Waals surface area contributed by atoms with Crippen molar-refractivity contribution >= 4 is 52.6 Å². The van der Waals surface area contributed by atoms with Crippen LogP contribution in [0.5, 0.6) is 5.75 Å². The van der Waals surface area contributed by atoms with Crippen LogP contribution in [-0.2, 0) is 4.74 Å². The molecule has 148 valence electrons. The van der Waals surface area contributed by atoms with Crippen LogP contribution in [0.1, 0.15) is 26.3 Å². The molecule has 3 aromatic rings. The third-order valence-electron chi connectivity index (χ3n) is 3.91. The fourth-order valence-electron chi connectivity index (χ4n) is 2.40. The van der Waals surface area contributed by atoms with Gasteiger partial charge in [0.15, 0.2) is 0 Å². The van der Waals surface area contributed by atoms with Crippen molar-refractivity contribution in [2.45, 2.75) is 0 Å². The van der Waals surface area contributed by atoms with Crippen LogP contribution in [0.3, 0.4) is 0 Å². The number of esters is 1. The number of thiophene rings is 1. The zero-order valence-electron chi connectivity index (χ0n) is 15.0. The van der Waals surface area contributed by atoms with Crippen LogP contribution in [0.25, 0.3) is 10.4 Å². The van der Waals surface area contributed by atoms with Crippen LogP contribution in [0.4, 0.5) is 0 Å². The standard InChI is InChI=1S/C20H14Cl2N2O4S/c1-28-20(27)12-4-2-11(3-5-12)19(26)24-23-9-14-10-29-18(17(14)25)13-6-7-15(21)16(22)8-13/h2-10,25H,1H3,(H,24,26). The predicted octanol–water partition coefficient (Wildman–Crippen LogP) is 4.98. The predicted molar refractivity (Wildman–Crippen MR) is 114 cm³/mol. The van der Waals surface area contributed by atoms with Crippen LogP contribution < -0.4 is 5.43 Å². The summed E-state index contributed by atoms with van der Waals surface area (Å²) in [4.78, 5) is 24.2. The van der Waals surface area contributed by atoms with Gasteiger partial charge in [-0.2, -0.15) is 5.10 Å². The van der Waals surface area contributed by atoms with Gasteiger partial charge in [0.25, 0.3) is 5.91 Å². The summed E-state index contributed by atoms with van der Waals surface area (Å²) in [5.74, 6) is -0.924. The summed E-state index contributed by atoms with van der Waals surface area (Å²) in [5.41, 5.74) is 4.19. The molecule has 0 bridgehead atoms. The second-order valence-corrected chi connectivity index (χ2v) is 7.46. The molecular weight excluding hydrogens is 435 g/mol. The molecule has 1 aromatic heterocycles. The van der Waals surface area contributed by atoms with Crippen LogP contribution in [-0.4, -0.2) is 30.3 Å². The molecule has 2 N–H and O–H groups in total. The summed E-state index contributed by atoms with van der Waals surface area (Å²) < 4.78 is 4.61. The number of hydrogen-bond acceptors (Lipinski definition) is 6. The topological polar surface area (TPSA) is 88.0 Å². The fraction of sp³-hybridized carbons (Fsp3) is 0.0500. The first-order chi connectivity index (χ1) is 13.9. The number of nitrogens with one attached hydrogen (secondary N) is 1. The largest absolute Gasteiger partial charge is 0.506 e. The Morgan fingerprint density at radius 2 is 1.79 bits per heavy atom. The molecule has 2 aromatic carbocycles. The number of rotatable bonds is 5. The highest BCUT2D eigenvalue weighted by molar-refractivity contribution is 7.14. The number of hydrazone groups is 1. The molecule has 0 radical (unpaired) electrons. The third-order valence-corrected chi connectivity index (χ3v) is 5.69. The molecule has 0 aliphatic carbocycles. The molecule has 29 heavy (non-hydrogen) atoms. The lowest BCUT2D eigenvalue weighted by atomic mass is 10.1. The second kappa shape index (κ2) is 9.09. The Bertz CT molecular complexity index is 1090. The fourth-order valence-corrected chi connectivity index (χ4v) is 3.61. The Balaban J connectivity index is 1.69. The Morgan fingerprint density at radius 1 is 1.10 bits per heavy atom. The number of benzene rings is 2. The molecule has 0 saturated carbocycles. The van der Waals surface area contributed by atoms with E-state index in [9.17, 15) is 14.7 Å². The van der Waals surface area contributed by atoms with Crippen LogP contribution in [0, 0.1) is 0 Å². The van der Waals surface area contributed by atoms with Gasteiger partial charge in [-0.3, -0.25) is 4.79 Å². The van der Waals surface area contributed by atoms with E-state index in [4.69, 9.17) is 23.2 Å². The Hall–Kier alpha value is -2.87. The van der Waals surface area contributed by atoms with E-state index in [0.29, 0.717) is 31.6 Å². The number of amides is 1. The van der Waals surface area contributed by atoms with E-state index in [-0.39, 0.29) is 5.75 Å². The summed E-state index contributed by atoms with van der Waals surface area (Å²) in [6.45, 7) is 0. The summed E-state index contributed by atoms with van der Waals surface area (Å²) in [7, 11) is 1.28. The molecular formula is C20H14Cl2N2O4S. The van der Waals surface area contributed by atoms with Crippen LogP contribution in [0.2, 0.25) is 10.0 Å². The SMILES string of the molecule is COC(=O)c1ccc(C(=O)NN=Cc2csc(-c3ccc(Cl)c(Cl)c3)c2O)cc1. The van der Waals surface area contributed by atoms with E-state index < -0.39 is 11.9 Å². The highest BCUT2D eigenvalue weighted by atomic mass is 35.5. The first kappa shape index (κ1) is 20.9. The number of hydrogen-bond donors (Lipinski definition) is 2. The minimum absolute atomic E-state index is 0.0221. The number of aromatic hydroxyl groups is 1. The molecule has 0 aliphatic heterocycles. The molecule has 0 saturated heterocycles. The van der Waals surface area contributed by atoms with Gasteiger partial charge in [0.05, 0.1) is 33.8 Å². The van der Waals surface area contributed by atoms with Crippen molar-refractivity contribution in [3.63, 3.8) is 0 Å². The Morgan fingerprint density at radius 3 is 2.45 bits per heavy atom. The van der Waals surface area contributed by atoms with Gasteiger partial charge in [-0.15, -0.1) is 11.3 Å². The number of ether oxygens (including phenoxy) is 1. The minimum Gasteiger partial charge on any atom is -0.506 e. The van der Waals surface area contributed by atoms with Gasteiger partial charge >= 0.3 is 5.97 Å². The van der Waals surface area contributed by atoms with Gasteiger partial charge in [-0.1, -0.05) is 29.3 Å². The highest BCUT2D eigenvalue weighted by Gasteiger charge is 2.13. The number of halogens is 2.